The second kappa shape index (κ2) is 11.5. The molecule has 2 saturated heterocycles. The average Bonchev–Trinajstić information content (AvgIpc) is 3.51. The quantitative estimate of drug-likeness (QED) is 0.423. The number of carbonyl (C=O) groups is 1. The summed E-state index contributed by atoms with van der Waals surface area (Å²) in [5, 5.41) is 33.1. The van der Waals surface area contributed by atoms with E-state index >= 15 is 0 Å². The number of benzene rings is 1. The summed E-state index contributed by atoms with van der Waals surface area (Å²) in [5.74, 6) is 0.983. The van der Waals surface area contributed by atoms with Crippen LogP contribution in [0, 0.1) is 22.7 Å². The summed E-state index contributed by atoms with van der Waals surface area (Å²) in [4.78, 5) is 23.9. The van der Waals surface area contributed by atoms with E-state index in [9.17, 15) is 15.3 Å². The molecule has 3 fully saturated rings. The number of aromatic nitrogens is 4. The van der Waals surface area contributed by atoms with Crippen LogP contribution in [0.15, 0.2) is 18.3 Å². The summed E-state index contributed by atoms with van der Waals surface area (Å²) in [5.41, 5.74) is 2.58. The van der Waals surface area contributed by atoms with E-state index in [2.05, 4.69) is 66.9 Å². The normalized spacial score (nSPS) is 20.8. The van der Waals surface area contributed by atoms with Gasteiger partial charge in [-0.1, -0.05) is 11.6 Å². The molecule has 3 aliphatic rings. The van der Waals surface area contributed by atoms with Crippen molar-refractivity contribution in [1.29, 1.82) is 10.5 Å². The van der Waals surface area contributed by atoms with Crippen LogP contribution in [-0.2, 0) is 4.79 Å². The molecule has 3 aromatic rings. The van der Waals surface area contributed by atoms with Gasteiger partial charge in [0.1, 0.15) is 11.6 Å². The Labute approximate surface area is 237 Å². The molecule has 0 spiro atoms. The van der Waals surface area contributed by atoms with Gasteiger partial charge in [0, 0.05) is 44.2 Å². The van der Waals surface area contributed by atoms with Gasteiger partial charge >= 0.3 is 0 Å². The first-order valence-corrected chi connectivity index (χ1v) is 13.8. The van der Waals surface area contributed by atoms with Gasteiger partial charge in [-0.3, -0.25) is 4.79 Å². The van der Waals surface area contributed by atoms with E-state index in [4.69, 9.17) is 11.6 Å². The summed E-state index contributed by atoms with van der Waals surface area (Å²) >= 11 is 6.84. The number of piperazine rings is 1. The molecule has 2 atom stereocenters. The van der Waals surface area contributed by atoms with E-state index in [0.29, 0.717) is 45.5 Å². The summed E-state index contributed by atoms with van der Waals surface area (Å²) in [6, 6.07) is 8.86. The maximum atomic E-state index is 10.3. The third-order valence-corrected chi connectivity index (χ3v) is 7.58. The molecule has 0 bridgehead atoms. The number of nitrogens with one attached hydrogen (secondary N) is 3. The third kappa shape index (κ3) is 6.03. The zero-order chi connectivity index (χ0) is 28.4. The standard InChI is InChI=1S/C22H23ClN10.C5H9NO/c1-13-12-31(2)5-6-32(13)18-8-14(9-24)7-17(19(18)23)28-21-29-20-15(10-25)11-26-33(20)22(30-21)27-16-3-4-16;1-4-2-3-5(7)6-4/h7-8,11,13,16H,3-6,12H2,1-2H3,(H2,27,28,29,30);4H,2-3H2,1H3,(H,6,7). The van der Waals surface area contributed by atoms with Gasteiger partial charge in [0.15, 0.2) is 5.65 Å². The van der Waals surface area contributed by atoms with Crippen LogP contribution in [0.2, 0.25) is 5.02 Å². The number of rotatable bonds is 5. The zero-order valence-corrected chi connectivity index (χ0v) is 23.5. The van der Waals surface area contributed by atoms with Crippen LogP contribution < -0.4 is 20.9 Å². The lowest BCUT2D eigenvalue weighted by Gasteiger charge is -2.40. The molecular weight excluding hydrogens is 530 g/mol. The molecule has 12 nitrogen and oxygen atoms in total. The molecule has 1 aliphatic carbocycles. The minimum Gasteiger partial charge on any atom is -0.365 e. The van der Waals surface area contributed by atoms with Crippen LogP contribution >= 0.6 is 11.6 Å². The van der Waals surface area contributed by atoms with Gasteiger partial charge in [0.05, 0.1) is 34.2 Å². The lowest BCUT2D eigenvalue weighted by Crippen LogP contribution is -2.50. The van der Waals surface area contributed by atoms with E-state index < -0.39 is 0 Å². The zero-order valence-electron chi connectivity index (χ0n) is 22.8. The van der Waals surface area contributed by atoms with Crippen LogP contribution in [0.5, 0.6) is 0 Å². The molecular formula is C27H32ClN11O. The molecule has 208 valence electrons. The predicted molar refractivity (Wildman–Crippen MR) is 153 cm³/mol. The van der Waals surface area contributed by atoms with Crippen molar-refractivity contribution in [2.45, 2.75) is 57.7 Å². The summed E-state index contributed by atoms with van der Waals surface area (Å²) in [7, 11) is 2.10. The molecule has 2 aromatic heterocycles. The fourth-order valence-corrected chi connectivity index (χ4v) is 5.14. The first-order valence-electron chi connectivity index (χ1n) is 13.4. The first-order chi connectivity index (χ1) is 19.2. The molecule has 1 saturated carbocycles. The minimum atomic E-state index is 0.201. The van der Waals surface area contributed by atoms with Crippen molar-refractivity contribution in [3.05, 3.63) is 34.5 Å². The Morgan fingerprint density at radius 3 is 2.52 bits per heavy atom. The smallest absolute Gasteiger partial charge is 0.232 e. The van der Waals surface area contributed by atoms with E-state index in [-0.39, 0.29) is 17.9 Å². The molecule has 0 radical (unpaired) electrons. The number of hydrogen-bond donors (Lipinski definition) is 3. The van der Waals surface area contributed by atoms with Crippen molar-refractivity contribution in [3.63, 3.8) is 0 Å². The first kappa shape index (κ1) is 27.4. The number of carbonyl (C=O) groups excluding carboxylic acids is 1. The number of nitrogens with zero attached hydrogens (tertiary/aromatic N) is 8. The molecule has 1 amide bonds. The molecule has 4 heterocycles. The lowest BCUT2D eigenvalue weighted by molar-refractivity contribution is -0.119. The van der Waals surface area contributed by atoms with E-state index in [1.807, 2.05) is 13.0 Å². The molecule has 1 aromatic carbocycles. The van der Waals surface area contributed by atoms with Crippen molar-refractivity contribution in [1.82, 2.24) is 29.8 Å². The topological polar surface area (TPSA) is 150 Å². The maximum Gasteiger partial charge on any atom is 0.232 e. The Bertz CT molecular complexity index is 1500. The maximum absolute atomic E-state index is 10.3. The molecule has 3 N–H and O–H groups in total. The fourth-order valence-electron chi connectivity index (χ4n) is 4.87. The second-order valence-corrected chi connectivity index (χ2v) is 11.0. The molecule has 40 heavy (non-hydrogen) atoms. The van der Waals surface area contributed by atoms with Crippen LogP contribution in [0.4, 0.5) is 23.3 Å². The lowest BCUT2D eigenvalue weighted by atomic mass is 10.1. The van der Waals surface area contributed by atoms with E-state index in [1.165, 1.54) is 10.7 Å². The predicted octanol–water partition coefficient (Wildman–Crippen LogP) is 3.26. The van der Waals surface area contributed by atoms with Gasteiger partial charge in [0.2, 0.25) is 17.8 Å². The average molecular weight is 562 g/mol. The largest absolute Gasteiger partial charge is 0.365 e. The molecule has 13 heteroatoms. The Balaban J connectivity index is 0.000000403. The van der Waals surface area contributed by atoms with Crippen molar-refractivity contribution >= 4 is 46.4 Å². The van der Waals surface area contributed by atoms with Crippen LogP contribution in [0.1, 0.15) is 50.7 Å². The number of amides is 1. The Morgan fingerprint density at radius 1 is 1.12 bits per heavy atom. The Kier molecular flexibility index (Phi) is 7.92. The van der Waals surface area contributed by atoms with Gasteiger partial charge in [0.25, 0.3) is 0 Å². The van der Waals surface area contributed by atoms with Gasteiger partial charge in [-0.2, -0.15) is 30.1 Å². The highest BCUT2D eigenvalue weighted by Crippen LogP contribution is 2.37. The fraction of sp³-hybridized carbons (Fsp3) is 0.481. The third-order valence-electron chi connectivity index (χ3n) is 7.18. The van der Waals surface area contributed by atoms with Crippen molar-refractivity contribution in [2.24, 2.45) is 0 Å². The van der Waals surface area contributed by atoms with E-state index in [1.54, 1.807) is 6.07 Å². The molecule has 6 rings (SSSR count). The second-order valence-electron chi connectivity index (χ2n) is 10.6. The van der Waals surface area contributed by atoms with Gasteiger partial charge in [-0.15, -0.1) is 0 Å². The summed E-state index contributed by atoms with van der Waals surface area (Å²) in [6.07, 6.45) is 5.33. The van der Waals surface area contributed by atoms with Crippen molar-refractivity contribution in [3.8, 4) is 12.1 Å². The Hall–Kier alpha value is -4.13. The monoisotopic (exact) mass is 561 g/mol. The van der Waals surface area contributed by atoms with Crippen LogP contribution in [-0.4, -0.2) is 75.2 Å². The molecule has 2 aliphatic heterocycles. The van der Waals surface area contributed by atoms with Gasteiger partial charge < -0.3 is 25.8 Å². The van der Waals surface area contributed by atoms with Gasteiger partial charge in [-0.05, 0) is 52.3 Å². The highest BCUT2D eigenvalue weighted by molar-refractivity contribution is 6.36. The number of fused-ring (bicyclic) bond motifs is 1. The number of halogens is 1. The van der Waals surface area contributed by atoms with E-state index in [0.717, 1.165) is 51.0 Å². The minimum absolute atomic E-state index is 0.201. The van der Waals surface area contributed by atoms with Crippen molar-refractivity contribution < 1.29 is 4.79 Å². The highest BCUT2D eigenvalue weighted by Gasteiger charge is 2.26. The van der Waals surface area contributed by atoms with Crippen molar-refractivity contribution in [2.75, 3.05) is 42.2 Å². The number of likely N-dealkylation sites (N-methyl/N-ethyl adjacent to an activating group) is 1. The Morgan fingerprint density at radius 2 is 1.93 bits per heavy atom. The summed E-state index contributed by atoms with van der Waals surface area (Å²) in [6.45, 7) is 6.79. The molecule has 2 unspecified atom stereocenters. The number of anilines is 4. The number of nitriles is 2. The van der Waals surface area contributed by atoms with Crippen LogP contribution in [0.25, 0.3) is 5.65 Å². The SMILES string of the molecule is CC1CCC(=O)N1.CC1CN(C)CCN1c1cc(C#N)cc(Nc2nc(NC3CC3)n3ncc(C#N)c3n2)c1Cl. The van der Waals surface area contributed by atoms with Gasteiger partial charge in [-0.25, -0.2) is 0 Å². The summed E-state index contributed by atoms with van der Waals surface area (Å²) < 4.78 is 1.53. The highest BCUT2D eigenvalue weighted by atomic mass is 35.5. The number of hydrogen-bond acceptors (Lipinski definition) is 10. The van der Waals surface area contributed by atoms with Crippen LogP contribution in [0.3, 0.4) is 0 Å².